The van der Waals surface area contributed by atoms with E-state index in [0.29, 0.717) is 43.8 Å². The Labute approximate surface area is 189 Å². The zero-order valence-corrected chi connectivity index (χ0v) is 18.3. The van der Waals surface area contributed by atoms with Crippen molar-refractivity contribution in [2.75, 3.05) is 59.3 Å². The molecule has 0 heterocycles. The number of nitrogens with zero attached hydrogens (tertiary/aromatic N) is 2. The van der Waals surface area contributed by atoms with E-state index < -0.39 is 0 Å². The van der Waals surface area contributed by atoms with Gasteiger partial charge in [0.05, 0.1) is 39.8 Å². The zero-order valence-electron chi connectivity index (χ0n) is 18.3. The van der Waals surface area contributed by atoms with E-state index in [1.807, 2.05) is 29.2 Å². The molecule has 2 unspecified atom stereocenters. The van der Waals surface area contributed by atoms with Crippen LogP contribution in [0.5, 0.6) is 0 Å². The van der Waals surface area contributed by atoms with Gasteiger partial charge in [0.2, 0.25) is 0 Å². The normalized spacial score (nSPS) is 21.4. The summed E-state index contributed by atoms with van der Waals surface area (Å²) in [7, 11) is 0. The number of benzene rings is 1. The first-order valence-electron chi connectivity index (χ1n) is 11.1. The van der Waals surface area contributed by atoms with Crippen molar-refractivity contribution >= 4 is 5.91 Å². The molecule has 8 nitrogen and oxygen atoms in total. The van der Waals surface area contributed by atoms with Crippen LogP contribution in [0.1, 0.15) is 17.0 Å². The number of carbonyl (C=O) groups is 1. The van der Waals surface area contributed by atoms with Crippen LogP contribution in [0.25, 0.3) is 0 Å². The molecule has 0 radical (unpaired) electrons. The summed E-state index contributed by atoms with van der Waals surface area (Å²) in [5.41, 5.74) is 2.90. The molecule has 0 bridgehead atoms. The summed E-state index contributed by atoms with van der Waals surface area (Å²) in [6.07, 6.45) is 5.97. The molecule has 32 heavy (non-hydrogen) atoms. The Hall–Kier alpha value is -2.07. The van der Waals surface area contributed by atoms with Gasteiger partial charge in [-0.3, -0.25) is 9.69 Å². The van der Waals surface area contributed by atoms with Gasteiger partial charge in [-0.05, 0) is 28.9 Å². The predicted molar refractivity (Wildman–Crippen MR) is 120 cm³/mol. The van der Waals surface area contributed by atoms with Gasteiger partial charge in [-0.15, -0.1) is 0 Å². The van der Waals surface area contributed by atoms with Crippen molar-refractivity contribution < 1.29 is 30.0 Å². The van der Waals surface area contributed by atoms with Gasteiger partial charge in [0.15, 0.2) is 0 Å². The quantitative estimate of drug-likeness (QED) is 0.300. The Morgan fingerprint density at radius 1 is 0.875 bits per heavy atom. The molecule has 176 valence electrons. The summed E-state index contributed by atoms with van der Waals surface area (Å²) in [5, 5.41) is 36.4. The lowest BCUT2D eigenvalue weighted by atomic mass is 10.1. The second-order valence-electron chi connectivity index (χ2n) is 8.19. The van der Waals surface area contributed by atoms with Gasteiger partial charge in [0.25, 0.3) is 5.91 Å². The third kappa shape index (κ3) is 6.25. The summed E-state index contributed by atoms with van der Waals surface area (Å²) < 4.78 is 5.71. The Morgan fingerprint density at radius 2 is 1.50 bits per heavy atom. The molecule has 1 aromatic rings. The molecule has 1 fully saturated rings. The highest BCUT2D eigenvalue weighted by Gasteiger charge is 2.49. The zero-order chi connectivity index (χ0) is 22.9. The Kier molecular flexibility index (Phi) is 9.40. The summed E-state index contributed by atoms with van der Waals surface area (Å²) in [6.45, 7) is 1.95. The predicted octanol–water partition coefficient (Wildman–Crippen LogP) is 0.0863. The number of fused-ring (bicyclic) bond motifs is 1. The Balaban J connectivity index is 1.53. The van der Waals surface area contributed by atoms with Gasteiger partial charge in [-0.1, -0.05) is 42.5 Å². The van der Waals surface area contributed by atoms with Crippen LogP contribution in [0.3, 0.4) is 0 Å². The summed E-state index contributed by atoms with van der Waals surface area (Å²) in [6, 6.07) is 8.30. The van der Waals surface area contributed by atoms with Crippen molar-refractivity contribution in [3.05, 3.63) is 59.2 Å². The van der Waals surface area contributed by atoms with Crippen molar-refractivity contribution in [1.82, 2.24) is 9.80 Å². The molecule has 2 aliphatic rings. The maximum atomic E-state index is 12.7. The maximum absolute atomic E-state index is 12.7. The molecule has 1 aromatic carbocycles. The smallest absolute Gasteiger partial charge is 0.253 e. The highest BCUT2D eigenvalue weighted by molar-refractivity contribution is 5.96. The molecular formula is C24H34N2O6. The van der Waals surface area contributed by atoms with Crippen molar-refractivity contribution in [1.29, 1.82) is 0 Å². The first kappa shape index (κ1) is 24.6. The van der Waals surface area contributed by atoms with E-state index in [1.165, 1.54) is 10.5 Å². The number of hydrogen-bond donors (Lipinski definition) is 4. The van der Waals surface area contributed by atoms with Crippen LogP contribution in [-0.2, 0) is 16.1 Å². The third-order valence-electron chi connectivity index (χ3n) is 6.02. The minimum atomic E-state index is -0.155. The largest absolute Gasteiger partial charge is 0.395 e. The van der Waals surface area contributed by atoms with Gasteiger partial charge in [-0.2, -0.15) is 0 Å². The van der Waals surface area contributed by atoms with Crippen molar-refractivity contribution in [2.24, 2.45) is 11.8 Å². The van der Waals surface area contributed by atoms with Crippen LogP contribution >= 0.6 is 0 Å². The maximum Gasteiger partial charge on any atom is 0.253 e. The molecule has 0 aromatic heterocycles. The topological polar surface area (TPSA) is 114 Å². The highest BCUT2D eigenvalue weighted by atomic mass is 16.5. The number of hydrogen-bond acceptors (Lipinski definition) is 7. The van der Waals surface area contributed by atoms with Crippen molar-refractivity contribution in [3.8, 4) is 0 Å². The fourth-order valence-electron chi connectivity index (χ4n) is 4.28. The second-order valence-corrected chi connectivity index (χ2v) is 8.19. The minimum absolute atomic E-state index is 0.0267. The molecule has 8 heteroatoms. The van der Waals surface area contributed by atoms with Crippen LogP contribution in [0.15, 0.2) is 48.1 Å². The van der Waals surface area contributed by atoms with E-state index in [1.54, 1.807) is 0 Å². The number of amides is 1. The molecule has 1 amide bonds. The number of carbonyl (C=O) groups excluding carboxylic acids is 1. The highest BCUT2D eigenvalue weighted by Crippen LogP contribution is 2.57. The van der Waals surface area contributed by atoms with Crippen molar-refractivity contribution in [2.45, 2.75) is 12.5 Å². The molecule has 2 aliphatic carbocycles. The summed E-state index contributed by atoms with van der Waals surface area (Å²) >= 11 is 0. The van der Waals surface area contributed by atoms with Crippen LogP contribution in [0.4, 0.5) is 0 Å². The number of aliphatic hydroxyl groups is 4. The summed E-state index contributed by atoms with van der Waals surface area (Å²) in [5.74, 6) is 0.873. The van der Waals surface area contributed by atoms with Gasteiger partial charge in [0, 0.05) is 31.8 Å². The molecule has 0 aliphatic heterocycles. The minimum Gasteiger partial charge on any atom is -0.395 e. The van der Waals surface area contributed by atoms with E-state index in [-0.39, 0.29) is 51.3 Å². The monoisotopic (exact) mass is 446 g/mol. The molecule has 3 rings (SSSR count). The van der Waals surface area contributed by atoms with Gasteiger partial charge in [0.1, 0.15) is 0 Å². The molecular weight excluding hydrogens is 412 g/mol. The van der Waals surface area contributed by atoms with E-state index >= 15 is 0 Å². The lowest BCUT2D eigenvalue weighted by molar-refractivity contribution is -0.127. The average molecular weight is 447 g/mol. The fourth-order valence-corrected chi connectivity index (χ4v) is 4.28. The molecule has 3 atom stereocenters. The van der Waals surface area contributed by atoms with Crippen LogP contribution in [0.2, 0.25) is 0 Å². The van der Waals surface area contributed by atoms with Gasteiger partial charge in [-0.25, -0.2) is 0 Å². The number of ether oxygens (including phenoxy) is 1. The van der Waals surface area contributed by atoms with E-state index in [9.17, 15) is 4.79 Å². The van der Waals surface area contributed by atoms with Gasteiger partial charge >= 0.3 is 0 Å². The Morgan fingerprint density at radius 3 is 2.09 bits per heavy atom. The second kappa shape index (κ2) is 12.2. The lowest BCUT2D eigenvalue weighted by Gasteiger charge is -2.21. The van der Waals surface area contributed by atoms with Crippen LogP contribution in [0, 0.1) is 11.8 Å². The summed E-state index contributed by atoms with van der Waals surface area (Å²) in [4.78, 5) is 16.0. The van der Waals surface area contributed by atoms with E-state index in [0.717, 1.165) is 5.56 Å². The van der Waals surface area contributed by atoms with E-state index in [4.69, 9.17) is 25.2 Å². The standard InChI is InChI=1S/C24H34N2O6/c27-11-7-25(8-12-28)17-32-16-18-1-3-19(4-2-18)23-21-6-5-20(15-22(21)23)24(31)26(9-13-29)10-14-30/h1-6,15,21-23,27-30H,7-14,16-17H2/t21-,22?,23?/m1/s1. The van der Waals surface area contributed by atoms with E-state index in [2.05, 4.69) is 18.2 Å². The Bertz CT molecular complexity index is 782. The SMILES string of the molecule is O=C(C1=CC2C(c3ccc(COCN(CCO)CCO)cc3)[C@@H]2C=C1)N(CCO)CCO. The van der Waals surface area contributed by atoms with Crippen LogP contribution < -0.4 is 0 Å². The third-order valence-corrected chi connectivity index (χ3v) is 6.02. The lowest BCUT2D eigenvalue weighted by Crippen LogP contribution is -2.36. The van der Waals surface area contributed by atoms with Crippen LogP contribution in [-0.4, -0.2) is 95.5 Å². The number of allylic oxidation sites excluding steroid dienone is 2. The van der Waals surface area contributed by atoms with Gasteiger partial charge < -0.3 is 30.1 Å². The number of rotatable bonds is 14. The number of aliphatic hydroxyl groups excluding tert-OH is 4. The molecule has 0 spiro atoms. The van der Waals surface area contributed by atoms with Crippen molar-refractivity contribution in [3.63, 3.8) is 0 Å². The first-order chi connectivity index (χ1) is 15.6. The molecule has 1 saturated carbocycles. The fraction of sp³-hybridized carbons (Fsp3) is 0.542. The first-order valence-corrected chi connectivity index (χ1v) is 11.1. The molecule has 0 saturated heterocycles. The average Bonchev–Trinajstić information content (AvgIpc) is 3.52. The molecule has 4 N–H and O–H groups in total.